The van der Waals surface area contributed by atoms with Gasteiger partial charge in [0.25, 0.3) is 0 Å². The zero-order chi connectivity index (χ0) is 11.8. The Morgan fingerprint density at radius 3 is 2.81 bits per heavy atom. The molecule has 1 heterocycles. The summed E-state index contributed by atoms with van der Waals surface area (Å²) in [6, 6.07) is 2.09. The van der Waals surface area contributed by atoms with Crippen molar-refractivity contribution >= 4 is 17.2 Å². The maximum atomic E-state index is 11.9. The first kappa shape index (κ1) is 11.1. The van der Waals surface area contributed by atoms with E-state index >= 15 is 0 Å². The highest BCUT2D eigenvalue weighted by molar-refractivity contribution is 7.09. The average Bonchev–Trinajstić information content (AvgIpc) is 2.83. The molecule has 1 aliphatic carbocycles. The molecule has 0 radical (unpaired) electrons. The molecule has 4 nitrogen and oxygen atoms in total. The fraction of sp³-hybridized carbons (Fsp3) is 0.545. The van der Waals surface area contributed by atoms with Gasteiger partial charge in [0.1, 0.15) is 10.4 Å². The number of carbonyl (C=O) groups excluding carboxylic acids is 1. The second kappa shape index (κ2) is 3.56. The van der Waals surface area contributed by atoms with Gasteiger partial charge in [-0.2, -0.15) is 5.26 Å². The van der Waals surface area contributed by atoms with Crippen LogP contribution in [0.5, 0.6) is 0 Å². The van der Waals surface area contributed by atoms with Gasteiger partial charge in [0, 0.05) is 11.6 Å². The topological polar surface area (TPSA) is 65.8 Å². The van der Waals surface area contributed by atoms with E-state index in [2.05, 4.69) is 16.4 Å². The van der Waals surface area contributed by atoms with Gasteiger partial charge in [-0.1, -0.05) is 0 Å². The van der Waals surface area contributed by atoms with Crippen LogP contribution in [0.1, 0.15) is 31.7 Å². The molecule has 1 aliphatic rings. The number of nitrogens with zero attached hydrogens (tertiary/aromatic N) is 2. The number of aromatic nitrogens is 1. The Labute approximate surface area is 98.3 Å². The van der Waals surface area contributed by atoms with Crippen LogP contribution >= 0.6 is 11.3 Å². The van der Waals surface area contributed by atoms with Crippen LogP contribution in [0.3, 0.4) is 0 Å². The van der Waals surface area contributed by atoms with Crippen LogP contribution in [0.25, 0.3) is 0 Å². The van der Waals surface area contributed by atoms with Crippen molar-refractivity contribution in [2.75, 3.05) is 0 Å². The van der Waals surface area contributed by atoms with E-state index in [1.165, 1.54) is 11.3 Å². The van der Waals surface area contributed by atoms with Crippen molar-refractivity contribution < 1.29 is 4.79 Å². The normalized spacial score (nSPS) is 17.6. The molecule has 16 heavy (non-hydrogen) atoms. The van der Waals surface area contributed by atoms with E-state index in [-0.39, 0.29) is 5.91 Å². The molecule has 84 valence electrons. The molecular formula is C11H13N3OS. The minimum atomic E-state index is -0.769. The summed E-state index contributed by atoms with van der Waals surface area (Å²) in [7, 11) is 0. The third-order valence-electron chi connectivity index (χ3n) is 2.79. The van der Waals surface area contributed by atoms with Gasteiger partial charge in [-0.15, -0.1) is 11.3 Å². The van der Waals surface area contributed by atoms with E-state index in [4.69, 9.17) is 5.26 Å². The van der Waals surface area contributed by atoms with Gasteiger partial charge < -0.3 is 5.32 Å². The molecule has 1 N–H and O–H groups in total. The zero-order valence-electron chi connectivity index (χ0n) is 9.28. The zero-order valence-corrected chi connectivity index (χ0v) is 10.1. The Kier molecular flexibility index (Phi) is 2.47. The Bertz CT molecular complexity index is 440. The lowest BCUT2D eigenvalue weighted by atomic mass is 10.0. The molecule has 1 aromatic heterocycles. The molecule has 1 fully saturated rings. The Balaban J connectivity index is 2.11. The van der Waals surface area contributed by atoms with Crippen molar-refractivity contribution in [3.05, 3.63) is 16.6 Å². The minimum absolute atomic E-state index is 0.171. The number of hydrogen-bond donors (Lipinski definition) is 1. The minimum Gasteiger partial charge on any atom is -0.343 e. The lowest BCUT2D eigenvalue weighted by molar-refractivity contribution is -0.126. The standard InChI is InChI=1S/C11H13N3OS/c1-10(2,9-13-5-6-16-9)14-8(15)11(7-12)3-4-11/h5-6H,3-4H2,1-2H3,(H,14,15). The van der Waals surface area contributed by atoms with Crippen LogP contribution < -0.4 is 5.32 Å². The maximum absolute atomic E-state index is 11.9. The van der Waals surface area contributed by atoms with E-state index in [0.29, 0.717) is 12.8 Å². The van der Waals surface area contributed by atoms with Crippen molar-refractivity contribution in [2.24, 2.45) is 5.41 Å². The molecule has 5 heteroatoms. The Morgan fingerprint density at radius 2 is 2.38 bits per heavy atom. The number of thiazole rings is 1. The first-order valence-corrected chi connectivity index (χ1v) is 6.02. The quantitative estimate of drug-likeness (QED) is 0.868. The summed E-state index contributed by atoms with van der Waals surface area (Å²) in [6.45, 7) is 3.80. The SMILES string of the molecule is CC(C)(NC(=O)C1(C#N)CC1)c1nccs1. The van der Waals surface area contributed by atoms with Gasteiger partial charge in [0.05, 0.1) is 11.6 Å². The number of nitrogens with one attached hydrogen (secondary N) is 1. The summed E-state index contributed by atoms with van der Waals surface area (Å²) in [5.41, 5.74) is -1.27. The van der Waals surface area contributed by atoms with Gasteiger partial charge in [-0.25, -0.2) is 4.98 Å². The predicted molar refractivity (Wildman–Crippen MR) is 60.6 cm³/mol. The van der Waals surface area contributed by atoms with Crippen LogP contribution in [0.15, 0.2) is 11.6 Å². The summed E-state index contributed by atoms with van der Waals surface area (Å²) < 4.78 is 0. The lowest BCUT2D eigenvalue weighted by Gasteiger charge is -2.25. The third-order valence-corrected chi connectivity index (χ3v) is 3.89. The summed E-state index contributed by atoms with van der Waals surface area (Å²) in [6.07, 6.45) is 3.05. The predicted octanol–water partition coefficient (Wildman–Crippen LogP) is 1.80. The van der Waals surface area contributed by atoms with Crippen molar-refractivity contribution in [1.82, 2.24) is 10.3 Å². The second-order valence-electron chi connectivity index (χ2n) is 4.61. The van der Waals surface area contributed by atoms with Crippen molar-refractivity contribution in [1.29, 1.82) is 5.26 Å². The molecule has 2 rings (SSSR count). The highest BCUT2D eigenvalue weighted by Crippen LogP contribution is 2.45. The second-order valence-corrected chi connectivity index (χ2v) is 5.50. The van der Waals surface area contributed by atoms with E-state index in [9.17, 15) is 4.79 Å². The number of amides is 1. The smallest absolute Gasteiger partial charge is 0.241 e. The van der Waals surface area contributed by atoms with Crippen LogP contribution in [0, 0.1) is 16.7 Å². The molecule has 1 aromatic rings. The van der Waals surface area contributed by atoms with E-state index in [1.807, 2.05) is 19.2 Å². The fourth-order valence-corrected chi connectivity index (χ4v) is 2.22. The van der Waals surface area contributed by atoms with E-state index in [0.717, 1.165) is 5.01 Å². The summed E-state index contributed by atoms with van der Waals surface area (Å²) >= 11 is 1.50. The lowest BCUT2D eigenvalue weighted by Crippen LogP contribution is -2.44. The molecule has 0 aromatic carbocycles. The molecule has 0 spiro atoms. The highest BCUT2D eigenvalue weighted by Gasteiger charge is 2.51. The summed E-state index contributed by atoms with van der Waals surface area (Å²) in [4.78, 5) is 16.1. The largest absolute Gasteiger partial charge is 0.343 e. The summed E-state index contributed by atoms with van der Waals surface area (Å²) in [5.74, 6) is -0.171. The van der Waals surface area contributed by atoms with Gasteiger partial charge in [-0.05, 0) is 26.7 Å². The highest BCUT2D eigenvalue weighted by atomic mass is 32.1. The Morgan fingerprint density at radius 1 is 1.69 bits per heavy atom. The molecular weight excluding hydrogens is 222 g/mol. The first-order chi connectivity index (χ1) is 7.50. The summed E-state index contributed by atoms with van der Waals surface area (Å²) in [5, 5.41) is 14.6. The van der Waals surface area contributed by atoms with Gasteiger partial charge in [0.15, 0.2) is 0 Å². The Hall–Kier alpha value is -1.41. The maximum Gasteiger partial charge on any atom is 0.241 e. The molecule has 0 aliphatic heterocycles. The van der Waals surface area contributed by atoms with Gasteiger partial charge >= 0.3 is 0 Å². The fourth-order valence-electron chi connectivity index (χ4n) is 1.50. The first-order valence-electron chi connectivity index (χ1n) is 5.14. The van der Waals surface area contributed by atoms with Crippen LogP contribution in [0.2, 0.25) is 0 Å². The average molecular weight is 235 g/mol. The number of hydrogen-bond acceptors (Lipinski definition) is 4. The molecule has 1 saturated carbocycles. The van der Waals surface area contributed by atoms with Gasteiger partial charge in [-0.3, -0.25) is 4.79 Å². The molecule has 0 unspecified atom stereocenters. The van der Waals surface area contributed by atoms with Crippen molar-refractivity contribution in [2.45, 2.75) is 32.2 Å². The van der Waals surface area contributed by atoms with Gasteiger partial charge in [0.2, 0.25) is 5.91 Å². The van der Waals surface area contributed by atoms with E-state index in [1.54, 1.807) is 6.20 Å². The van der Waals surface area contributed by atoms with Crippen LogP contribution in [-0.4, -0.2) is 10.9 Å². The number of rotatable bonds is 3. The molecule has 1 amide bonds. The molecule has 0 saturated heterocycles. The molecule has 0 bridgehead atoms. The monoisotopic (exact) mass is 235 g/mol. The van der Waals surface area contributed by atoms with Crippen LogP contribution in [0.4, 0.5) is 0 Å². The number of nitriles is 1. The van der Waals surface area contributed by atoms with Crippen molar-refractivity contribution in [3.63, 3.8) is 0 Å². The third kappa shape index (κ3) is 1.81. The van der Waals surface area contributed by atoms with E-state index < -0.39 is 11.0 Å². The van der Waals surface area contributed by atoms with Crippen LogP contribution in [-0.2, 0) is 10.3 Å². The molecule has 0 atom stereocenters. The number of carbonyl (C=O) groups is 1. The van der Waals surface area contributed by atoms with Crippen molar-refractivity contribution in [3.8, 4) is 6.07 Å².